The molecule has 0 bridgehead atoms. The monoisotopic (exact) mass is 366 g/mol. The largest absolute Gasteiger partial charge is 0.497 e. The first-order valence-corrected chi connectivity index (χ1v) is 8.31. The van der Waals surface area contributed by atoms with Crippen LogP contribution in [0, 0.1) is 0 Å². The Morgan fingerprint density at radius 2 is 1.81 bits per heavy atom. The molecule has 0 saturated heterocycles. The summed E-state index contributed by atoms with van der Waals surface area (Å²) >= 11 is 0. The number of likely N-dealkylation sites (N-methyl/N-ethyl adjacent to an activating group) is 1. The highest BCUT2D eigenvalue weighted by Crippen LogP contribution is 2.47. The topological polar surface area (TPSA) is 108 Å². The summed E-state index contributed by atoms with van der Waals surface area (Å²) in [6.07, 6.45) is 0. The Hall–Kier alpha value is -3.39. The van der Waals surface area contributed by atoms with Crippen molar-refractivity contribution in [2.75, 3.05) is 19.1 Å². The number of fused-ring (bicyclic) bond motifs is 1. The van der Waals surface area contributed by atoms with Gasteiger partial charge in [-0.05, 0) is 30.3 Å². The zero-order chi connectivity index (χ0) is 19.3. The van der Waals surface area contributed by atoms with Crippen molar-refractivity contribution in [3.8, 4) is 5.75 Å². The van der Waals surface area contributed by atoms with Gasteiger partial charge in [0.15, 0.2) is 12.0 Å². The molecule has 0 aromatic heterocycles. The second-order valence-corrected chi connectivity index (χ2v) is 6.44. The number of para-hydroxylation sites is 1. The minimum absolute atomic E-state index is 0.0356. The maximum atomic E-state index is 13.4. The van der Waals surface area contributed by atoms with E-state index in [1.807, 2.05) is 0 Å². The number of rotatable bonds is 3. The van der Waals surface area contributed by atoms with Crippen LogP contribution in [0.4, 0.5) is 11.4 Å². The fourth-order valence-electron chi connectivity index (χ4n) is 3.65. The quantitative estimate of drug-likeness (QED) is 0.828. The molecule has 2 aromatic carbocycles. The van der Waals surface area contributed by atoms with Crippen molar-refractivity contribution >= 4 is 29.1 Å². The molecule has 8 nitrogen and oxygen atoms in total. The van der Waals surface area contributed by atoms with Gasteiger partial charge in [-0.1, -0.05) is 18.2 Å². The van der Waals surface area contributed by atoms with Crippen molar-refractivity contribution in [1.29, 1.82) is 0 Å². The van der Waals surface area contributed by atoms with E-state index in [0.29, 0.717) is 22.7 Å². The predicted molar refractivity (Wildman–Crippen MR) is 98.7 cm³/mol. The molecule has 8 heteroatoms. The third kappa shape index (κ3) is 2.23. The first-order valence-electron chi connectivity index (χ1n) is 8.31. The van der Waals surface area contributed by atoms with Crippen LogP contribution in [0.1, 0.15) is 5.56 Å². The molecule has 4 rings (SSSR count). The number of nitrogens with zero attached hydrogens (tertiary/aromatic N) is 3. The van der Waals surface area contributed by atoms with Gasteiger partial charge >= 0.3 is 0 Å². The van der Waals surface area contributed by atoms with Crippen molar-refractivity contribution in [3.05, 3.63) is 54.1 Å². The average Bonchev–Trinajstić information content (AvgIpc) is 3.06. The Morgan fingerprint density at radius 1 is 1.15 bits per heavy atom. The molecule has 0 fully saturated rings. The van der Waals surface area contributed by atoms with Crippen molar-refractivity contribution in [2.45, 2.75) is 11.6 Å². The van der Waals surface area contributed by atoms with Crippen LogP contribution in [0.25, 0.3) is 0 Å². The lowest BCUT2D eigenvalue weighted by Gasteiger charge is -2.32. The maximum Gasteiger partial charge on any atom is 0.275 e. The highest BCUT2D eigenvalue weighted by Gasteiger charge is 2.60. The smallest absolute Gasteiger partial charge is 0.275 e. The number of anilines is 2. The van der Waals surface area contributed by atoms with Crippen molar-refractivity contribution in [2.24, 2.45) is 10.7 Å². The SMILES string of the molecule is COc1ccc(N2C(=O)C(O)(C3C(=O)N=C(N)N3C)c3ccccc32)cc1. The van der Waals surface area contributed by atoms with Crippen LogP contribution in [0.5, 0.6) is 5.75 Å². The van der Waals surface area contributed by atoms with Crippen molar-refractivity contribution in [3.63, 3.8) is 0 Å². The number of ether oxygens (including phenoxy) is 1. The highest BCUT2D eigenvalue weighted by atomic mass is 16.5. The number of nitrogens with two attached hydrogens (primary N) is 1. The van der Waals surface area contributed by atoms with Crippen LogP contribution in [-0.4, -0.2) is 48.0 Å². The van der Waals surface area contributed by atoms with E-state index in [1.54, 1.807) is 55.6 Å². The summed E-state index contributed by atoms with van der Waals surface area (Å²) in [4.78, 5) is 32.2. The summed E-state index contributed by atoms with van der Waals surface area (Å²) < 4.78 is 5.16. The molecule has 2 atom stereocenters. The lowest BCUT2D eigenvalue weighted by atomic mass is 9.86. The molecule has 0 spiro atoms. The fourth-order valence-corrected chi connectivity index (χ4v) is 3.65. The third-order valence-corrected chi connectivity index (χ3v) is 5.02. The molecular weight excluding hydrogens is 348 g/mol. The van der Waals surface area contributed by atoms with Gasteiger partial charge in [0.2, 0.25) is 5.60 Å². The van der Waals surface area contributed by atoms with Gasteiger partial charge in [0.05, 0.1) is 12.8 Å². The number of carbonyl (C=O) groups is 2. The van der Waals surface area contributed by atoms with E-state index in [2.05, 4.69) is 4.99 Å². The second-order valence-electron chi connectivity index (χ2n) is 6.44. The number of aliphatic hydroxyl groups is 1. The summed E-state index contributed by atoms with van der Waals surface area (Å²) in [5.41, 5.74) is 5.01. The molecule has 0 radical (unpaired) electrons. The van der Waals surface area contributed by atoms with Gasteiger partial charge in [0.1, 0.15) is 5.75 Å². The summed E-state index contributed by atoms with van der Waals surface area (Å²) in [7, 11) is 3.08. The average molecular weight is 366 g/mol. The molecule has 0 saturated carbocycles. The maximum absolute atomic E-state index is 13.4. The fraction of sp³-hybridized carbons (Fsp3) is 0.211. The van der Waals surface area contributed by atoms with E-state index in [0.717, 1.165) is 0 Å². The molecule has 2 amide bonds. The Kier molecular flexibility index (Phi) is 3.67. The normalized spacial score (nSPS) is 24.3. The van der Waals surface area contributed by atoms with E-state index < -0.39 is 23.5 Å². The lowest BCUT2D eigenvalue weighted by molar-refractivity contribution is -0.147. The van der Waals surface area contributed by atoms with E-state index >= 15 is 0 Å². The van der Waals surface area contributed by atoms with Crippen molar-refractivity contribution in [1.82, 2.24) is 4.90 Å². The number of aliphatic imine (C=N–C) groups is 1. The molecule has 3 N–H and O–H groups in total. The Balaban J connectivity index is 1.86. The molecule has 2 unspecified atom stereocenters. The van der Waals surface area contributed by atoms with Crippen LogP contribution in [-0.2, 0) is 15.2 Å². The minimum atomic E-state index is -2.10. The molecule has 138 valence electrons. The van der Waals surface area contributed by atoms with Crippen LogP contribution in [0.3, 0.4) is 0 Å². The Bertz CT molecular complexity index is 972. The number of hydrogen-bond donors (Lipinski definition) is 2. The van der Waals surface area contributed by atoms with E-state index in [1.165, 1.54) is 16.8 Å². The zero-order valence-corrected chi connectivity index (χ0v) is 14.8. The van der Waals surface area contributed by atoms with Gasteiger partial charge in [-0.15, -0.1) is 0 Å². The molecule has 2 heterocycles. The van der Waals surface area contributed by atoms with Crippen LogP contribution < -0.4 is 15.4 Å². The Labute approximate surface area is 155 Å². The molecule has 2 aromatic rings. The molecule has 2 aliphatic rings. The zero-order valence-electron chi connectivity index (χ0n) is 14.8. The first-order chi connectivity index (χ1) is 12.9. The minimum Gasteiger partial charge on any atom is -0.497 e. The Morgan fingerprint density at radius 3 is 2.41 bits per heavy atom. The number of benzene rings is 2. The number of hydrogen-bond acceptors (Lipinski definition) is 6. The van der Waals surface area contributed by atoms with Crippen molar-refractivity contribution < 1.29 is 19.4 Å². The lowest BCUT2D eigenvalue weighted by Crippen LogP contribution is -2.57. The molecule has 2 aliphatic heterocycles. The number of carbonyl (C=O) groups excluding carboxylic acids is 2. The van der Waals surface area contributed by atoms with E-state index in [-0.39, 0.29) is 5.96 Å². The van der Waals surface area contributed by atoms with Crippen LogP contribution >= 0.6 is 0 Å². The standard InChI is InChI=1S/C19H18N4O4/c1-22-15(16(24)21-18(22)20)19(26)13-5-3-4-6-14(13)23(17(19)25)11-7-9-12(27-2)10-8-11/h3-10,15,26H,1-2H3,(H2,20,21,24). The van der Waals surface area contributed by atoms with Gasteiger partial charge in [0.25, 0.3) is 11.8 Å². The molecule has 0 aliphatic carbocycles. The van der Waals surface area contributed by atoms with E-state index in [9.17, 15) is 14.7 Å². The third-order valence-electron chi connectivity index (χ3n) is 5.02. The van der Waals surface area contributed by atoms with Gasteiger partial charge in [0, 0.05) is 18.3 Å². The molecule has 27 heavy (non-hydrogen) atoms. The summed E-state index contributed by atoms with van der Waals surface area (Å²) in [6.45, 7) is 0. The van der Waals surface area contributed by atoms with Gasteiger partial charge in [-0.25, -0.2) is 0 Å². The first kappa shape index (κ1) is 17.0. The van der Waals surface area contributed by atoms with Crippen LogP contribution in [0.15, 0.2) is 53.5 Å². The van der Waals surface area contributed by atoms with E-state index in [4.69, 9.17) is 10.5 Å². The number of methoxy groups -OCH3 is 1. The summed E-state index contributed by atoms with van der Waals surface area (Å²) in [5.74, 6) is -0.686. The summed E-state index contributed by atoms with van der Waals surface area (Å²) in [6, 6.07) is 12.5. The second kappa shape index (κ2) is 5.82. The van der Waals surface area contributed by atoms with Gasteiger partial charge in [-0.3, -0.25) is 14.5 Å². The number of amides is 2. The molecular formula is C19H18N4O4. The van der Waals surface area contributed by atoms with Crippen LogP contribution in [0.2, 0.25) is 0 Å². The summed E-state index contributed by atoms with van der Waals surface area (Å²) in [5, 5.41) is 11.5. The van der Waals surface area contributed by atoms with Gasteiger partial charge in [-0.2, -0.15) is 4.99 Å². The number of guanidine groups is 1. The van der Waals surface area contributed by atoms with Gasteiger partial charge < -0.3 is 20.5 Å². The predicted octanol–water partition coefficient (Wildman–Crippen LogP) is 0.716. The highest BCUT2D eigenvalue weighted by molar-refractivity contribution is 6.16.